The SMILES string of the molecule is COC1CCC2(CC1)Cc1ccc(OC(C)C)cc1C21N=C(N)N(C)O1. The number of guanidine groups is 1. The highest BCUT2D eigenvalue weighted by atomic mass is 16.7. The van der Waals surface area contributed by atoms with Crippen molar-refractivity contribution < 1.29 is 14.3 Å². The molecule has 2 N–H and O–H groups in total. The topological polar surface area (TPSA) is 69.3 Å². The van der Waals surface area contributed by atoms with E-state index in [-0.39, 0.29) is 11.5 Å². The summed E-state index contributed by atoms with van der Waals surface area (Å²) in [5, 5.41) is 1.61. The highest BCUT2D eigenvalue weighted by Crippen LogP contribution is 2.62. The van der Waals surface area contributed by atoms with Crippen LogP contribution in [-0.4, -0.2) is 37.4 Å². The van der Waals surface area contributed by atoms with Crippen molar-refractivity contribution in [2.45, 2.75) is 63.9 Å². The summed E-state index contributed by atoms with van der Waals surface area (Å²) in [7, 11) is 3.63. The zero-order valence-electron chi connectivity index (χ0n) is 16.1. The summed E-state index contributed by atoms with van der Waals surface area (Å²) in [6.45, 7) is 4.07. The van der Waals surface area contributed by atoms with E-state index in [1.807, 2.05) is 20.9 Å². The molecule has 1 aromatic carbocycles. The minimum absolute atomic E-state index is 0.0871. The summed E-state index contributed by atoms with van der Waals surface area (Å²) < 4.78 is 11.5. The van der Waals surface area contributed by atoms with Crippen LogP contribution in [0.25, 0.3) is 0 Å². The quantitative estimate of drug-likeness (QED) is 0.899. The van der Waals surface area contributed by atoms with Crippen LogP contribution in [-0.2, 0) is 21.7 Å². The molecular weight excluding hydrogens is 330 g/mol. The van der Waals surface area contributed by atoms with Crippen LogP contribution in [0.5, 0.6) is 5.75 Å². The van der Waals surface area contributed by atoms with Crippen LogP contribution in [0.3, 0.4) is 0 Å². The Morgan fingerprint density at radius 3 is 2.62 bits per heavy atom. The van der Waals surface area contributed by atoms with E-state index in [0.29, 0.717) is 12.1 Å². The van der Waals surface area contributed by atoms with Gasteiger partial charge in [0.1, 0.15) is 5.75 Å². The Kier molecular flexibility index (Phi) is 4.15. The number of aliphatic imine (C=N–C) groups is 1. The van der Waals surface area contributed by atoms with Gasteiger partial charge in [-0.15, -0.1) is 0 Å². The van der Waals surface area contributed by atoms with Gasteiger partial charge < -0.3 is 15.2 Å². The second-order valence-corrected chi connectivity index (χ2v) is 8.08. The molecule has 1 aromatic rings. The first-order valence-electron chi connectivity index (χ1n) is 9.50. The standard InChI is InChI=1S/C20H29N3O3/c1-13(2)25-16-6-5-14-12-19(9-7-15(24-4)8-10-19)20(17(14)11-16)22-18(21)23(3)26-20/h5-6,11,13,15H,7-10,12H2,1-4H3,(H2,21,22). The van der Waals surface area contributed by atoms with Gasteiger partial charge in [0.05, 0.1) is 12.2 Å². The van der Waals surface area contributed by atoms with Crippen LogP contribution in [0.15, 0.2) is 23.2 Å². The number of nitrogens with zero attached hydrogens (tertiary/aromatic N) is 2. The van der Waals surface area contributed by atoms with Gasteiger partial charge in [-0.05, 0) is 63.6 Å². The Hall–Kier alpha value is -1.79. The maximum atomic E-state index is 6.38. The number of fused-ring (bicyclic) bond motifs is 3. The first kappa shape index (κ1) is 17.6. The number of ether oxygens (including phenoxy) is 2. The average Bonchev–Trinajstić information content (AvgIpc) is 3.04. The Labute approximate surface area is 155 Å². The van der Waals surface area contributed by atoms with E-state index in [0.717, 1.165) is 43.4 Å². The molecule has 0 radical (unpaired) electrons. The lowest BCUT2D eigenvalue weighted by molar-refractivity contribution is -0.232. The van der Waals surface area contributed by atoms with Crippen LogP contribution in [0.2, 0.25) is 0 Å². The number of rotatable bonds is 3. The van der Waals surface area contributed by atoms with Gasteiger partial charge >= 0.3 is 0 Å². The minimum atomic E-state index is -0.754. The Morgan fingerprint density at radius 1 is 1.31 bits per heavy atom. The summed E-state index contributed by atoms with van der Waals surface area (Å²) in [5.74, 6) is 1.29. The molecule has 26 heavy (non-hydrogen) atoms. The normalized spacial score (nSPS) is 33.2. The minimum Gasteiger partial charge on any atom is -0.491 e. The largest absolute Gasteiger partial charge is 0.491 e. The molecule has 1 unspecified atom stereocenters. The molecule has 3 aliphatic rings. The van der Waals surface area contributed by atoms with E-state index >= 15 is 0 Å². The van der Waals surface area contributed by atoms with Gasteiger partial charge in [0.15, 0.2) is 0 Å². The van der Waals surface area contributed by atoms with Crippen molar-refractivity contribution in [2.24, 2.45) is 16.1 Å². The fourth-order valence-corrected chi connectivity index (χ4v) is 4.86. The fraction of sp³-hybridized carbons (Fsp3) is 0.650. The van der Waals surface area contributed by atoms with Crippen LogP contribution in [0.1, 0.15) is 50.7 Å². The van der Waals surface area contributed by atoms with Gasteiger partial charge in [0, 0.05) is 25.1 Å². The van der Waals surface area contributed by atoms with Gasteiger partial charge in [-0.2, -0.15) is 0 Å². The highest BCUT2D eigenvalue weighted by molar-refractivity contribution is 5.79. The van der Waals surface area contributed by atoms with Crippen molar-refractivity contribution in [3.05, 3.63) is 29.3 Å². The summed E-state index contributed by atoms with van der Waals surface area (Å²) in [4.78, 5) is 11.3. The monoisotopic (exact) mass is 359 g/mol. The van der Waals surface area contributed by atoms with Crippen LogP contribution in [0, 0.1) is 5.41 Å². The van der Waals surface area contributed by atoms with Crippen LogP contribution < -0.4 is 10.5 Å². The second kappa shape index (κ2) is 6.13. The van der Waals surface area contributed by atoms with Gasteiger partial charge in [-0.1, -0.05) is 6.07 Å². The molecule has 6 nitrogen and oxygen atoms in total. The van der Waals surface area contributed by atoms with Crippen molar-refractivity contribution in [3.8, 4) is 5.75 Å². The molecule has 142 valence electrons. The number of hydrogen-bond donors (Lipinski definition) is 1. The molecule has 1 aliphatic heterocycles. The molecule has 2 aliphatic carbocycles. The first-order chi connectivity index (χ1) is 12.4. The molecule has 0 amide bonds. The average molecular weight is 359 g/mol. The van der Waals surface area contributed by atoms with Crippen molar-refractivity contribution in [1.82, 2.24) is 5.06 Å². The van der Waals surface area contributed by atoms with Crippen molar-refractivity contribution in [1.29, 1.82) is 0 Å². The zero-order chi connectivity index (χ0) is 18.5. The molecule has 0 bridgehead atoms. The molecule has 0 aromatic heterocycles. The highest BCUT2D eigenvalue weighted by Gasteiger charge is 2.63. The molecule has 1 saturated carbocycles. The number of hydroxylamine groups is 2. The van der Waals surface area contributed by atoms with Crippen molar-refractivity contribution >= 4 is 5.96 Å². The molecule has 2 spiro atoms. The van der Waals surface area contributed by atoms with Crippen molar-refractivity contribution in [2.75, 3.05) is 14.2 Å². The summed E-state index contributed by atoms with van der Waals surface area (Å²) >= 11 is 0. The molecule has 0 saturated heterocycles. The number of nitrogens with two attached hydrogens (primary N) is 1. The molecule has 1 atom stereocenters. The molecular formula is C20H29N3O3. The first-order valence-corrected chi connectivity index (χ1v) is 9.50. The lowest BCUT2D eigenvalue weighted by atomic mass is 9.66. The van der Waals surface area contributed by atoms with Gasteiger partial charge in [-0.25, -0.2) is 14.9 Å². The van der Waals surface area contributed by atoms with Gasteiger partial charge in [-0.3, -0.25) is 0 Å². The summed E-state index contributed by atoms with van der Waals surface area (Å²) in [6.07, 6.45) is 5.44. The zero-order valence-corrected chi connectivity index (χ0v) is 16.1. The number of benzene rings is 1. The second-order valence-electron chi connectivity index (χ2n) is 8.08. The Balaban J connectivity index is 1.78. The van der Waals surface area contributed by atoms with E-state index < -0.39 is 5.72 Å². The third-order valence-corrected chi connectivity index (χ3v) is 6.15. The van der Waals surface area contributed by atoms with E-state index in [1.165, 1.54) is 5.56 Å². The van der Waals surface area contributed by atoms with Gasteiger partial charge in [0.2, 0.25) is 11.7 Å². The summed E-state index contributed by atoms with van der Waals surface area (Å²) in [6, 6.07) is 6.32. The number of hydrogen-bond acceptors (Lipinski definition) is 6. The van der Waals surface area contributed by atoms with Crippen molar-refractivity contribution in [3.63, 3.8) is 0 Å². The van der Waals surface area contributed by atoms with E-state index in [4.69, 9.17) is 25.0 Å². The maximum Gasteiger partial charge on any atom is 0.220 e. The predicted octanol–water partition coefficient (Wildman–Crippen LogP) is 2.95. The molecule has 1 fully saturated rings. The Morgan fingerprint density at radius 2 is 2.04 bits per heavy atom. The van der Waals surface area contributed by atoms with E-state index in [9.17, 15) is 0 Å². The van der Waals surface area contributed by atoms with E-state index in [1.54, 1.807) is 12.2 Å². The summed E-state index contributed by atoms with van der Waals surface area (Å²) in [5.41, 5.74) is 7.68. The maximum absolute atomic E-state index is 6.38. The van der Waals surface area contributed by atoms with Gasteiger partial charge in [0.25, 0.3) is 0 Å². The fourth-order valence-electron chi connectivity index (χ4n) is 4.86. The third-order valence-electron chi connectivity index (χ3n) is 6.15. The predicted molar refractivity (Wildman–Crippen MR) is 99.8 cm³/mol. The molecule has 4 rings (SSSR count). The lowest BCUT2D eigenvalue weighted by Crippen LogP contribution is -2.46. The third kappa shape index (κ3) is 2.50. The Bertz CT molecular complexity index is 725. The van der Waals surface area contributed by atoms with E-state index in [2.05, 4.69) is 18.2 Å². The lowest BCUT2D eigenvalue weighted by Gasteiger charge is -2.45. The van der Waals surface area contributed by atoms with Crippen LogP contribution in [0.4, 0.5) is 0 Å². The molecule has 6 heteroatoms. The smallest absolute Gasteiger partial charge is 0.220 e. The van der Waals surface area contributed by atoms with Crippen LogP contribution >= 0.6 is 0 Å². The number of methoxy groups -OCH3 is 1. The molecule has 1 heterocycles.